The van der Waals surface area contributed by atoms with Gasteiger partial charge in [-0.15, -0.1) is 0 Å². The summed E-state index contributed by atoms with van der Waals surface area (Å²) in [6, 6.07) is 13.2. The highest BCUT2D eigenvalue weighted by atomic mass is 35.5. The van der Waals surface area contributed by atoms with Gasteiger partial charge in [0.25, 0.3) is 11.8 Å². The highest BCUT2D eigenvalue weighted by Crippen LogP contribution is 2.38. The molecule has 0 bridgehead atoms. The molecule has 3 aromatic rings. The Hall–Kier alpha value is -4.17. The lowest BCUT2D eigenvalue weighted by Crippen LogP contribution is -2.54. The summed E-state index contributed by atoms with van der Waals surface area (Å²) < 4.78 is 24.3. The van der Waals surface area contributed by atoms with Crippen LogP contribution in [0.3, 0.4) is 0 Å². The molecular weight excluding hydrogens is 487 g/mol. The average molecular weight is 509 g/mol. The molecule has 4 amide bonds. The fourth-order valence-corrected chi connectivity index (χ4v) is 3.90. The number of nitrogens with one attached hydrogen (secondary N) is 1. The molecule has 9 heteroatoms. The van der Waals surface area contributed by atoms with E-state index in [-0.39, 0.29) is 34.5 Å². The number of halogens is 2. The van der Waals surface area contributed by atoms with Crippen molar-refractivity contribution in [3.05, 3.63) is 93.3 Å². The van der Waals surface area contributed by atoms with Gasteiger partial charge in [0.1, 0.15) is 18.0 Å². The first-order valence-corrected chi connectivity index (χ1v) is 11.3. The molecule has 0 radical (unpaired) electrons. The van der Waals surface area contributed by atoms with E-state index in [1.165, 1.54) is 31.4 Å². The summed E-state index contributed by atoms with van der Waals surface area (Å²) in [4.78, 5) is 39.1. The Kier molecular flexibility index (Phi) is 7.07. The first-order valence-electron chi connectivity index (χ1n) is 10.9. The topological polar surface area (TPSA) is 84.9 Å². The molecule has 1 aliphatic rings. The molecule has 0 unspecified atom stereocenters. The van der Waals surface area contributed by atoms with E-state index in [1.807, 2.05) is 13.8 Å². The number of imide groups is 2. The van der Waals surface area contributed by atoms with E-state index in [0.29, 0.717) is 11.3 Å². The number of hydrogen-bond donors (Lipinski definition) is 1. The number of carbonyl (C=O) groups is 3. The second-order valence-corrected chi connectivity index (χ2v) is 8.58. The van der Waals surface area contributed by atoms with Crippen LogP contribution in [0.2, 0.25) is 5.02 Å². The third-order valence-corrected chi connectivity index (χ3v) is 5.99. The molecule has 1 heterocycles. The lowest BCUT2D eigenvalue weighted by Gasteiger charge is -2.27. The van der Waals surface area contributed by atoms with Gasteiger partial charge < -0.3 is 9.47 Å². The summed E-state index contributed by atoms with van der Waals surface area (Å²) >= 11 is 6.43. The predicted molar refractivity (Wildman–Crippen MR) is 134 cm³/mol. The zero-order valence-electron chi connectivity index (χ0n) is 19.7. The number of methoxy groups -OCH3 is 1. The molecule has 1 aliphatic heterocycles. The van der Waals surface area contributed by atoms with Gasteiger partial charge in [-0.05, 0) is 78.6 Å². The number of ether oxygens (including phenoxy) is 2. The van der Waals surface area contributed by atoms with E-state index in [1.54, 1.807) is 36.4 Å². The van der Waals surface area contributed by atoms with Gasteiger partial charge in [0.2, 0.25) is 0 Å². The summed E-state index contributed by atoms with van der Waals surface area (Å²) in [5.41, 5.74) is 3.10. The van der Waals surface area contributed by atoms with E-state index in [0.717, 1.165) is 21.6 Å². The summed E-state index contributed by atoms with van der Waals surface area (Å²) in [7, 11) is 1.42. The fraction of sp³-hybridized carbons (Fsp3) is 0.148. The number of nitrogens with zero attached hydrogens (tertiary/aromatic N) is 1. The number of aryl methyl sites for hydroxylation is 2. The maximum Gasteiger partial charge on any atom is 0.335 e. The molecule has 184 valence electrons. The van der Waals surface area contributed by atoms with E-state index < -0.39 is 17.8 Å². The molecule has 36 heavy (non-hydrogen) atoms. The summed E-state index contributed by atoms with van der Waals surface area (Å²) in [6.07, 6.45) is 1.33. The first-order chi connectivity index (χ1) is 17.2. The smallest absolute Gasteiger partial charge is 0.335 e. The van der Waals surface area contributed by atoms with Crippen molar-refractivity contribution >= 4 is 41.2 Å². The Morgan fingerprint density at radius 2 is 1.72 bits per heavy atom. The normalized spacial score (nSPS) is 14.8. The maximum atomic E-state index is 13.2. The minimum Gasteiger partial charge on any atom is -0.493 e. The van der Waals surface area contributed by atoms with E-state index in [2.05, 4.69) is 5.32 Å². The molecule has 0 aromatic heterocycles. The van der Waals surface area contributed by atoms with Crippen LogP contribution in [0.4, 0.5) is 14.9 Å². The van der Waals surface area contributed by atoms with Crippen molar-refractivity contribution in [1.82, 2.24) is 5.32 Å². The predicted octanol–water partition coefficient (Wildman–Crippen LogP) is 5.35. The third-order valence-electron chi connectivity index (χ3n) is 5.71. The molecule has 0 saturated carbocycles. The summed E-state index contributed by atoms with van der Waals surface area (Å²) in [5.74, 6) is -1.43. The van der Waals surface area contributed by atoms with E-state index in [4.69, 9.17) is 21.1 Å². The minimum atomic E-state index is -0.828. The van der Waals surface area contributed by atoms with Gasteiger partial charge in [-0.1, -0.05) is 29.8 Å². The molecule has 0 spiro atoms. The SMILES string of the molecule is COc1cc(/C=C2\C(=O)NC(=O)N(c3ccc(C)c(C)c3)C2=O)cc(Cl)c1OCc1ccc(F)cc1. The number of hydrogen-bond acceptors (Lipinski definition) is 5. The summed E-state index contributed by atoms with van der Waals surface area (Å²) in [6.45, 7) is 3.89. The Labute approximate surface area is 212 Å². The number of urea groups is 1. The molecule has 0 aliphatic carbocycles. The highest BCUT2D eigenvalue weighted by molar-refractivity contribution is 6.39. The number of amides is 4. The molecule has 4 rings (SSSR count). The lowest BCUT2D eigenvalue weighted by atomic mass is 10.0. The number of rotatable bonds is 6. The number of barbiturate groups is 1. The first kappa shape index (κ1) is 24.9. The molecule has 7 nitrogen and oxygen atoms in total. The van der Waals surface area contributed by atoms with Gasteiger partial charge in [-0.3, -0.25) is 14.9 Å². The van der Waals surface area contributed by atoms with E-state index in [9.17, 15) is 18.8 Å². The van der Waals surface area contributed by atoms with Crippen LogP contribution in [0.25, 0.3) is 6.08 Å². The van der Waals surface area contributed by atoms with E-state index >= 15 is 0 Å². The quantitative estimate of drug-likeness (QED) is 0.358. The summed E-state index contributed by atoms with van der Waals surface area (Å²) in [5, 5.41) is 2.38. The van der Waals surface area contributed by atoms with Crippen molar-refractivity contribution in [2.45, 2.75) is 20.5 Å². The second-order valence-electron chi connectivity index (χ2n) is 8.18. The Bertz CT molecular complexity index is 1400. The highest BCUT2D eigenvalue weighted by Gasteiger charge is 2.37. The van der Waals surface area contributed by atoms with Crippen molar-refractivity contribution in [2.75, 3.05) is 12.0 Å². The molecule has 1 N–H and O–H groups in total. The molecule has 0 atom stereocenters. The lowest BCUT2D eigenvalue weighted by molar-refractivity contribution is -0.122. The van der Waals surface area contributed by atoms with Crippen molar-refractivity contribution in [2.24, 2.45) is 0 Å². The zero-order chi connectivity index (χ0) is 26.0. The molecule has 3 aromatic carbocycles. The third kappa shape index (κ3) is 5.08. The Morgan fingerprint density at radius 3 is 2.39 bits per heavy atom. The Balaban J connectivity index is 1.64. The van der Waals surface area contributed by atoms with Crippen molar-refractivity contribution < 1.29 is 28.2 Å². The molecule has 1 fully saturated rings. The average Bonchev–Trinajstić information content (AvgIpc) is 2.84. The van der Waals surface area contributed by atoms with Gasteiger partial charge in [0.15, 0.2) is 11.5 Å². The van der Waals surface area contributed by atoms with Crippen LogP contribution in [0.5, 0.6) is 11.5 Å². The van der Waals surface area contributed by atoms with Gasteiger partial charge >= 0.3 is 6.03 Å². The van der Waals surface area contributed by atoms with Gasteiger partial charge in [-0.2, -0.15) is 0 Å². The fourth-order valence-electron chi connectivity index (χ4n) is 3.62. The van der Waals surface area contributed by atoms with Gasteiger partial charge in [0.05, 0.1) is 17.8 Å². The number of carbonyl (C=O) groups excluding carboxylic acids is 3. The van der Waals surface area contributed by atoms with Crippen molar-refractivity contribution in [3.8, 4) is 11.5 Å². The van der Waals surface area contributed by atoms with Crippen LogP contribution < -0.4 is 19.7 Å². The van der Waals surface area contributed by atoms with Crippen molar-refractivity contribution in [3.63, 3.8) is 0 Å². The van der Waals surface area contributed by atoms with Crippen LogP contribution in [-0.2, 0) is 16.2 Å². The monoisotopic (exact) mass is 508 g/mol. The number of anilines is 1. The second kappa shape index (κ2) is 10.2. The van der Waals surface area contributed by atoms with Crippen LogP contribution in [-0.4, -0.2) is 25.0 Å². The van der Waals surface area contributed by atoms with Crippen LogP contribution in [0, 0.1) is 19.7 Å². The van der Waals surface area contributed by atoms with Gasteiger partial charge in [-0.25, -0.2) is 14.1 Å². The minimum absolute atomic E-state index is 0.116. The zero-order valence-corrected chi connectivity index (χ0v) is 20.5. The van der Waals surface area contributed by atoms with Crippen LogP contribution in [0.1, 0.15) is 22.3 Å². The molecule has 1 saturated heterocycles. The molecular formula is C27H22ClFN2O5. The van der Waals surface area contributed by atoms with Crippen LogP contribution in [0.15, 0.2) is 60.2 Å². The van der Waals surface area contributed by atoms with Gasteiger partial charge in [0, 0.05) is 0 Å². The largest absolute Gasteiger partial charge is 0.493 e. The number of benzene rings is 3. The van der Waals surface area contributed by atoms with Crippen LogP contribution >= 0.6 is 11.6 Å². The standard InChI is InChI=1S/C27H22ClFN2O5/c1-15-4-9-20(10-16(15)2)31-26(33)21(25(32)30-27(31)34)11-18-12-22(28)24(23(13-18)35-3)36-14-17-5-7-19(29)8-6-17/h4-13H,14H2,1-3H3,(H,30,32,34)/b21-11+. The Morgan fingerprint density at radius 1 is 1.00 bits per heavy atom. The van der Waals surface area contributed by atoms with Crippen molar-refractivity contribution in [1.29, 1.82) is 0 Å². The maximum absolute atomic E-state index is 13.2.